The lowest BCUT2D eigenvalue weighted by atomic mass is 10.0. The highest BCUT2D eigenvalue weighted by Gasteiger charge is 2.27. The average molecular weight is 1370 g/mol. The lowest BCUT2D eigenvalue weighted by Gasteiger charge is -2.24. The van der Waals surface area contributed by atoms with Gasteiger partial charge in [-0.2, -0.15) is 0 Å². The third kappa shape index (κ3) is 80.7. The molecule has 0 radical (unpaired) electrons. The zero-order chi connectivity index (χ0) is 69.7. The molecule has 0 aliphatic rings. The molecule has 0 aliphatic heterocycles. The first-order valence-corrected chi connectivity index (χ1v) is 43.5. The number of phosphoric ester groups is 1. The maximum Gasteiger partial charge on any atom is 0.472 e. The van der Waals surface area contributed by atoms with E-state index in [-0.39, 0.29) is 25.6 Å². The Morgan fingerprint density at radius 3 is 0.896 bits per heavy atom. The van der Waals surface area contributed by atoms with Gasteiger partial charge < -0.3 is 18.9 Å². The summed E-state index contributed by atoms with van der Waals surface area (Å²) in [5.41, 5.74) is 0. The van der Waals surface area contributed by atoms with Gasteiger partial charge in [0.2, 0.25) is 0 Å². The minimum atomic E-state index is -4.39. The first-order chi connectivity index (χ1) is 47.0. The number of quaternary nitrogens is 1. The highest BCUT2D eigenvalue weighted by Crippen LogP contribution is 2.43. The third-order valence-corrected chi connectivity index (χ3v) is 20.0. The van der Waals surface area contributed by atoms with E-state index in [0.717, 1.165) is 57.8 Å². The largest absolute Gasteiger partial charge is 0.472 e. The van der Waals surface area contributed by atoms with Crippen LogP contribution in [0.2, 0.25) is 0 Å². The van der Waals surface area contributed by atoms with Gasteiger partial charge in [0.05, 0.1) is 27.7 Å². The number of allylic oxidation sites excluding steroid dienone is 10. The lowest BCUT2D eigenvalue weighted by Crippen LogP contribution is -2.37. The first kappa shape index (κ1) is 93.7. The maximum absolute atomic E-state index is 12.9. The van der Waals surface area contributed by atoms with E-state index in [0.29, 0.717) is 23.9 Å². The minimum Gasteiger partial charge on any atom is -0.462 e. The number of esters is 2. The van der Waals surface area contributed by atoms with Gasteiger partial charge in [-0.05, 0) is 77.0 Å². The van der Waals surface area contributed by atoms with Gasteiger partial charge in [-0.3, -0.25) is 18.6 Å². The Labute approximate surface area is 597 Å². The zero-order valence-electron chi connectivity index (χ0n) is 64.6. The summed E-state index contributed by atoms with van der Waals surface area (Å²) in [4.78, 5) is 36.0. The second-order valence-electron chi connectivity index (χ2n) is 29.8. The topological polar surface area (TPSA) is 108 Å². The maximum atomic E-state index is 12.9. The van der Waals surface area contributed by atoms with Crippen LogP contribution in [0.5, 0.6) is 0 Å². The molecule has 0 aromatic rings. The molecule has 0 heterocycles. The van der Waals surface area contributed by atoms with E-state index in [1.54, 1.807) is 0 Å². The predicted octanol–water partition coefficient (Wildman–Crippen LogP) is 28.1. The molecule has 0 aliphatic carbocycles. The molecular formula is C86H163NO8P+. The summed E-state index contributed by atoms with van der Waals surface area (Å²) < 4.78 is 34.9. The van der Waals surface area contributed by atoms with E-state index >= 15 is 0 Å². The van der Waals surface area contributed by atoms with Crippen molar-refractivity contribution in [2.75, 3.05) is 47.5 Å². The van der Waals surface area contributed by atoms with Crippen LogP contribution in [-0.4, -0.2) is 74.9 Å². The summed E-state index contributed by atoms with van der Waals surface area (Å²) in [6.07, 6.45) is 104. The number of likely N-dealkylation sites (N-methyl/N-ethyl adjacent to an activating group) is 1. The fourth-order valence-electron chi connectivity index (χ4n) is 12.7. The summed E-state index contributed by atoms with van der Waals surface area (Å²) in [7, 11) is 1.50. The predicted molar refractivity (Wildman–Crippen MR) is 418 cm³/mol. The Bertz CT molecular complexity index is 1800. The molecule has 2 atom stereocenters. The quantitative estimate of drug-likeness (QED) is 0.0211. The normalized spacial score (nSPS) is 13.3. The van der Waals surface area contributed by atoms with Crippen LogP contribution in [0.15, 0.2) is 60.8 Å². The van der Waals surface area contributed by atoms with E-state index < -0.39 is 26.5 Å². The SMILES string of the molecule is CC/C=C\C/C=C\C/C=C\C/C=C\CCCCCCCCCCCCCCCCCCCCCCCCC(=O)OC(COC(=O)CCCCCCCCCCCCCCCCCCCCCCCCCCC/C=C\CCCCCCCCCC)COP(=O)(O)OCC[N+](C)(C)C. The average Bonchev–Trinajstić information content (AvgIpc) is 2.74. The molecule has 0 aromatic carbocycles. The molecule has 0 amide bonds. The van der Waals surface area contributed by atoms with E-state index in [4.69, 9.17) is 18.5 Å². The summed E-state index contributed by atoms with van der Waals surface area (Å²) in [5, 5.41) is 0. The highest BCUT2D eigenvalue weighted by molar-refractivity contribution is 7.47. The summed E-state index contributed by atoms with van der Waals surface area (Å²) in [5.74, 6) is -0.772. The number of carbonyl (C=O) groups is 2. The standard InChI is InChI=1S/C86H162NO8P/c1-6-8-10-12-14-16-18-20-22-24-26-28-30-32-34-36-38-40-42-43-45-46-48-50-52-54-56-58-60-62-64-66-68-70-72-74-76-78-85(88)92-82-84(83-94-96(90,91)93-81-80-87(3,4)5)95-86(89)79-77-75-73-71-69-67-65-63-61-59-57-55-53-51-49-47-44-41-39-37-35-33-31-29-27-25-23-21-19-17-15-13-11-9-7-2/h9,11,15,17,21,23-24,26-27,29,84H,6-8,10,12-14,16,18-20,22,25,28,30-83H2,1-5H3/p+1/b11-9-,17-15-,23-21-,26-24-,29-27-. The molecule has 2 unspecified atom stereocenters. The second-order valence-corrected chi connectivity index (χ2v) is 31.3. The Kier molecular flexibility index (Phi) is 75.0. The van der Waals surface area contributed by atoms with Gasteiger partial charge in [-0.1, -0.05) is 396 Å². The van der Waals surface area contributed by atoms with Crippen molar-refractivity contribution < 1.29 is 42.1 Å². The molecule has 0 bridgehead atoms. The molecule has 96 heavy (non-hydrogen) atoms. The van der Waals surface area contributed by atoms with Gasteiger partial charge in [0, 0.05) is 12.8 Å². The summed E-state index contributed by atoms with van der Waals surface area (Å²) in [6, 6.07) is 0. The van der Waals surface area contributed by atoms with Crippen LogP contribution in [-0.2, 0) is 32.7 Å². The van der Waals surface area contributed by atoms with Crippen LogP contribution in [0.3, 0.4) is 0 Å². The van der Waals surface area contributed by atoms with Crippen molar-refractivity contribution in [3.8, 4) is 0 Å². The van der Waals surface area contributed by atoms with Crippen LogP contribution in [0.25, 0.3) is 0 Å². The fraction of sp³-hybridized carbons (Fsp3) is 0.860. The van der Waals surface area contributed by atoms with Crippen molar-refractivity contribution in [3.05, 3.63) is 60.8 Å². The third-order valence-electron chi connectivity index (χ3n) is 19.0. The molecule has 9 nitrogen and oxygen atoms in total. The van der Waals surface area contributed by atoms with Gasteiger partial charge in [-0.25, -0.2) is 4.57 Å². The number of nitrogens with zero attached hydrogens (tertiary/aromatic N) is 1. The zero-order valence-corrected chi connectivity index (χ0v) is 65.5. The number of carbonyl (C=O) groups excluding carboxylic acids is 2. The van der Waals surface area contributed by atoms with Crippen molar-refractivity contribution in [2.45, 2.75) is 431 Å². The molecule has 0 saturated heterocycles. The van der Waals surface area contributed by atoms with Crippen LogP contribution >= 0.6 is 7.82 Å². The Balaban J connectivity index is 3.88. The van der Waals surface area contributed by atoms with E-state index in [1.807, 2.05) is 21.1 Å². The number of hydrogen-bond donors (Lipinski definition) is 1. The fourth-order valence-corrected chi connectivity index (χ4v) is 13.4. The van der Waals surface area contributed by atoms with Crippen molar-refractivity contribution in [3.63, 3.8) is 0 Å². The Morgan fingerprint density at radius 2 is 0.594 bits per heavy atom. The van der Waals surface area contributed by atoms with Gasteiger partial charge in [0.15, 0.2) is 6.10 Å². The molecule has 10 heteroatoms. The molecule has 0 saturated carbocycles. The molecule has 0 aromatic heterocycles. The molecular weight excluding hydrogens is 1210 g/mol. The minimum absolute atomic E-state index is 0.0344. The number of ether oxygens (including phenoxy) is 2. The van der Waals surface area contributed by atoms with E-state index in [9.17, 15) is 19.0 Å². The van der Waals surface area contributed by atoms with Gasteiger partial charge in [0.25, 0.3) is 0 Å². The molecule has 0 spiro atoms. The highest BCUT2D eigenvalue weighted by atomic mass is 31.2. The number of hydrogen-bond acceptors (Lipinski definition) is 7. The van der Waals surface area contributed by atoms with Gasteiger partial charge in [0.1, 0.15) is 19.8 Å². The van der Waals surface area contributed by atoms with Crippen molar-refractivity contribution in [1.82, 2.24) is 0 Å². The number of phosphoric acid groups is 1. The van der Waals surface area contributed by atoms with E-state index in [1.165, 1.54) is 334 Å². The number of unbranched alkanes of at least 4 members (excludes halogenated alkanes) is 55. The smallest absolute Gasteiger partial charge is 0.462 e. The molecule has 0 fully saturated rings. The summed E-state index contributed by atoms with van der Waals surface area (Å²) in [6.45, 7) is 4.40. The van der Waals surface area contributed by atoms with Gasteiger partial charge >= 0.3 is 19.8 Å². The van der Waals surface area contributed by atoms with Crippen molar-refractivity contribution in [2.24, 2.45) is 0 Å². The first-order valence-electron chi connectivity index (χ1n) is 42.0. The van der Waals surface area contributed by atoms with Crippen LogP contribution in [0.1, 0.15) is 425 Å². The Morgan fingerprint density at radius 1 is 0.333 bits per heavy atom. The molecule has 564 valence electrons. The molecule has 1 N–H and O–H groups in total. The molecule has 0 rings (SSSR count). The lowest BCUT2D eigenvalue weighted by molar-refractivity contribution is -0.870. The Hall–Kier alpha value is -2.29. The van der Waals surface area contributed by atoms with Crippen LogP contribution < -0.4 is 0 Å². The van der Waals surface area contributed by atoms with Crippen molar-refractivity contribution in [1.29, 1.82) is 0 Å². The second kappa shape index (κ2) is 76.9. The van der Waals surface area contributed by atoms with Crippen LogP contribution in [0, 0.1) is 0 Å². The van der Waals surface area contributed by atoms with Crippen molar-refractivity contribution >= 4 is 19.8 Å². The summed E-state index contributed by atoms with van der Waals surface area (Å²) >= 11 is 0. The monoisotopic (exact) mass is 1370 g/mol. The number of rotatable bonds is 79. The van der Waals surface area contributed by atoms with E-state index in [2.05, 4.69) is 74.6 Å². The van der Waals surface area contributed by atoms with Gasteiger partial charge in [-0.15, -0.1) is 0 Å². The van der Waals surface area contributed by atoms with Crippen LogP contribution in [0.4, 0.5) is 0 Å².